The predicted octanol–water partition coefficient (Wildman–Crippen LogP) is 2.93. The summed E-state index contributed by atoms with van der Waals surface area (Å²) in [6.45, 7) is 0.734. The lowest BCUT2D eigenvalue weighted by Gasteiger charge is -2.07. The number of benzene rings is 1. The number of aryl methyl sites for hydroxylation is 4. The van der Waals surface area contributed by atoms with Crippen molar-refractivity contribution < 1.29 is 4.39 Å². The number of imidazole rings is 1. The third-order valence-electron chi connectivity index (χ3n) is 3.51. The second-order valence-electron chi connectivity index (χ2n) is 5.00. The summed E-state index contributed by atoms with van der Waals surface area (Å²) in [5.41, 5.74) is 2.38. The van der Waals surface area contributed by atoms with Crippen LogP contribution in [-0.2, 0) is 26.4 Å². The fourth-order valence-corrected chi connectivity index (χ4v) is 2.70. The summed E-state index contributed by atoms with van der Waals surface area (Å²) < 4.78 is 17.7. The fourth-order valence-electron chi connectivity index (χ4n) is 2.53. The molecule has 0 unspecified atom stereocenters. The van der Waals surface area contributed by atoms with Crippen LogP contribution in [0.1, 0.15) is 11.4 Å². The molecule has 0 saturated heterocycles. The van der Waals surface area contributed by atoms with E-state index in [-0.39, 0.29) is 5.82 Å². The first-order valence-electron chi connectivity index (χ1n) is 6.86. The lowest BCUT2D eigenvalue weighted by Crippen LogP contribution is -2.06. The summed E-state index contributed by atoms with van der Waals surface area (Å²) in [5, 5.41) is 4.16. The van der Waals surface area contributed by atoms with E-state index in [2.05, 4.69) is 10.1 Å². The Labute approximate surface area is 127 Å². The number of hydrogen-bond acceptors (Lipinski definition) is 2. The molecule has 0 radical (unpaired) electrons. The van der Waals surface area contributed by atoms with E-state index in [4.69, 9.17) is 11.6 Å². The van der Waals surface area contributed by atoms with Crippen molar-refractivity contribution in [1.82, 2.24) is 19.3 Å². The zero-order valence-corrected chi connectivity index (χ0v) is 12.5. The van der Waals surface area contributed by atoms with E-state index >= 15 is 0 Å². The molecule has 1 aromatic carbocycles. The Balaban J connectivity index is 1.95. The molecule has 2 heterocycles. The third-order valence-corrected chi connectivity index (χ3v) is 3.70. The Morgan fingerprint density at radius 1 is 1.29 bits per heavy atom. The molecule has 21 heavy (non-hydrogen) atoms. The van der Waals surface area contributed by atoms with Gasteiger partial charge in [-0.05, 0) is 24.1 Å². The van der Waals surface area contributed by atoms with E-state index in [1.54, 1.807) is 10.7 Å². The van der Waals surface area contributed by atoms with Crippen LogP contribution in [0, 0.1) is 5.82 Å². The average Bonchev–Trinajstić information content (AvgIpc) is 3.02. The van der Waals surface area contributed by atoms with Crippen molar-refractivity contribution in [2.24, 2.45) is 7.05 Å². The smallest absolute Gasteiger partial charge is 0.151 e. The summed E-state index contributed by atoms with van der Waals surface area (Å²) in [6, 6.07) is 5.04. The lowest BCUT2D eigenvalue weighted by atomic mass is 10.2. The van der Waals surface area contributed by atoms with E-state index < -0.39 is 0 Å². The average molecular weight is 307 g/mol. The summed E-state index contributed by atoms with van der Waals surface area (Å²) in [7, 11) is 1.89. The van der Waals surface area contributed by atoms with Gasteiger partial charge in [0, 0.05) is 32.1 Å². The zero-order chi connectivity index (χ0) is 14.8. The van der Waals surface area contributed by atoms with Crippen molar-refractivity contribution in [3.05, 3.63) is 47.8 Å². The van der Waals surface area contributed by atoms with Crippen LogP contribution in [0.2, 0.25) is 0 Å². The summed E-state index contributed by atoms with van der Waals surface area (Å²) in [6.07, 6.45) is 5.29. The molecule has 0 amide bonds. The minimum Gasteiger partial charge on any atom is -0.328 e. The van der Waals surface area contributed by atoms with Crippen LogP contribution in [0.15, 0.2) is 30.6 Å². The van der Waals surface area contributed by atoms with Crippen LogP contribution in [0.3, 0.4) is 0 Å². The maximum absolute atomic E-state index is 13.9. The second-order valence-corrected chi connectivity index (χ2v) is 5.38. The van der Waals surface area contributed by atoms with Crippen molar-refractivity contribution in [2.75, 3.05) is 5.88 Å². The Hall–Kier alpha value is -1.88. The van der Waals surface area contributed by atoms with E-state index in [9.17, 15) is 4.39 Å². The molecule has 0 aliphatic heterocycles. The molecule has 0 N–H and O–H groups in total. The molecule has 0 atom stereocenters. The molecule has 0 aliphatic rings. The molecule has 0 spiro atoms. The summed E-state index contributed by atoms with van der Waals surface area (Å²) in [5.74, 6) is 1.01. The Bertz CT molecular complexity index is 762. The van der Waals surface area contributed by atoms with Crippen LogP contribution >= 0.6 is 11.6 Å². The highest BCUT2D eigenvalue weighted by atomic mass is 35.5. The molecule has 3 rings (SSSR count). The molecule has 2 aromatic heterocycles. The number of nitrogens with zero attached hydrogens (tertiary/aromatic N) is 4. The van der Waals surface area contributed by atoms with Gasteiger partial charge in [-0.25, -0.2) is 9.37 Å². The van der Waals surface area contributed by atoms with Gasteiger partial charge in [0.2, 0.25) is 0 Å². The van der Waals surface area contributed by atoms with Crippen LogP contribution in [-0.4, -0.2) is 25.2 Å². The number of rotatable bonds is 5. The predicted molar refractivity (Wildman–Crippen MR) is 81.0 cm³/mol. The quantitative estimate of drug-likeness (QED) is 0.679. The van der Waals surface area contributed by atoms with Gasteiger partial charge in [0.1, 0.15) is 11.3 Å². The second kappa shape index (κ2) is 5.85. The van der Waals surface area contributed by atoms with Gasteiger partial charge >= 0.3 is 0 Å². The fraction of sp³-hybridized carbons (Fsp3) is 0.333. The first kappa shape index (κ1) is 14.1. The van der Waals surface area contributed by atoms with E-state index in [1.165, 1.54) is 6.07 Å². The van der Waals surface area contributed by atoms with Gasteiger partial charge in [0.25, 0.3) is 0 Å². The minimum atomic E-state index is -0.288. The molecule has 0 saturated carbocycles. The van der Waals surface area contributed by atoms with Crippen LogP contribution in [0.4, 0.5) is 4.39 Å². The van der Waals surface area contributed by atoms with E-state index in [0.29, 0.717) is 17.8 Å². The van der Waals surface area contributed by atoms with Crippen LogP contribution in [0.5, 0.6) is 0 Å². The maximum Gasteiger partial charge on any atom is 0.151 e. The van der Waals surface area contributed by atoms with Gasteiger partial charge in [-0.2, -0.15) is 5.10 Å². The van der Waals surface area contributed by atoms with Gasteiger partial charge < -0.3 is 4.57 Å². The highest BCUT2D eigenvalue weighted by molar-refractivity contribution is 6.17. The number of para-hydroxylation sites is 1. The monoisotopic (exact) mass is 306 g/mol. The Morgan fingerprint density at radius 2 is 2.14 bits per heavy atom. The molecule has 6 heteroatoms. The van der Waals surface area contributed by atoms with Gasteiger partial charge in [-0.3, -0.25) is 4.68 Å². The minimum absolute atomic E-state index is 0.288. The van der Waals surface area contributed by atoms with Crippen molar-refractivity contribution in [2.45, 2.75) is 19.4 Å². The maximum atomic E-state index is 13.9. The Kier molecular flexibility index (Phi) is 3.92. The van der Waals surface area contributed by atoms with Gasteiger partial charge in [0.05, 0.1) is 11.7 Å². The molecule has 3 aromatic rings. The number of aromatic nitrogens is 4. The molecule has 110 valence electrons. The normalized spacial score (nSPS) is 11.4. The van der Waals surface area contributed by atoms with Crippen LogP contribution < -0.4 is 0 Å². The highest BCUT2D eigenvalue weighted by Crippen LogP contribution is 2.20. The van der Waals surface area contributed by atoms with E-state index in [0.717, 1.165) is 29.9 Å². The summed E-state index contributed by atoms with van der Waals surface area (Å²) in [4.78, 5) is 4.40. The van der Waals surface area contributed by atoms with Crippen molar-refractivity contribution >= 4 is 22.6 Å². The third kappa shape index (κ3) is 2.78. The standard InChI is InChI=1S/C15H16ClFN4/c1-20-10-11(9-18-20)6-8-21-13-4-2-3-12(17)15(13)19-14(21)5-7-16/h2-4,9-10H,5-8H2,1H3. The largest absolute Gasteiger partial charge is 0.328 e. The number of halogens is 2. The molecular weight excluding hydrogens is 291 g/mol. The van der Waals surface area contributed by atoms with Gasteiger partial charge in [-0.1, -0.05) is 6.07 Å². The first-order valence-corrected chi connectivity index (χ1v) is 7.39. The van der Waals surface area contributed by atoms with Crippen LogP contribution in [0.25, 0.3) is 11.0 Å². The molecular formula is C15H16ClFN4. The molecule has 0 bridgehead atoms. The lowest BCUT2D eigenvalue weighted by molar-refractivity contribution is 0.637. The molecule has 0 fully saturated rings. The first-order chi connectivity index (χ1) is 10.2. The summed E-state index contributed by atoms with van der Waals surface area (Å²) >= 11 is 5.84. The molecule has 0 aliphatic carbocycles. The van der Waals surface area contributed by atoms with Gasteiger partial charge in [0.15, 0.2) is 5.82 Å². The van der Waals surface area contributed by atoms with Crippen molar-refractivity contribution in [3.63, 3.8) is 0 Å². The van der Waals surface area contributed by atoms with Crippen molar-refractivity contribution in [1.29, 1.82) is 0 Å². The van der Waals surface area contributed by atoms with E-state index in [1.807, 2.05) is 30.1 Å². The highest BCUT2D eigenvalue weighted by Gasteiger charge is 2.13. The topological polar surface area (TPSA) is 35.6 Å². The Morgan fingerprint density at radius 3 is 2.86 bits per heavy atom. The molecule has 4 nitrogen and oxygen atoms in total. The number of alkyl halides is 1. The SMILES string of the molecule is Cn1cc(CCn2c(CCCl)nc3c(F)cccc32)cn1. The van der Waals surface area contributed by atoms with Crippen molar-refractivity contribution in [3.8, 4) is 0 Å². The number of hydrogen-bond donors (Lipinski definition) is 0. The van der Waals surface area contributed by atoms with Gasteiger partial charge in [-0.15, -0.1) is 11.6 Å². The zero-order valence-electron chi connectivity index (χ0n) is 11.8. The number of fused-ring (bicyclic) bond motifs is 1.